The molecule has 23 heteroatoms. The molecule has 1 aliphatic rings. The van der Waals surface area contributed by atoms with Gasteiger partial charge in [-0.1, -0.05) is 30.3 Å². The van der Waals surface area contributed by atoms with Crippen molar-refractivity contribution in [2.24, 2.45) is 11.5 Å². The van der Waals surface area contributed by atoms with Gasteiger partial charge in [-0.15, -0.1) is 0 Å². The van der Waals surface area contributed by atoms with E-state index in [0.717, 1.165) is 0 Å². The average molecular weight is 872 g/mol. The molecule has 10 amide bonds. The molecule has 0 aromatic heterocycles. The van der Waals surface area contributed by atoms with Crippen LogP contribution in [0.25, 0.3) is 0 Å². The van der Waals surface area contributed by atoms with Gasteiger partial charge in [0.25, 0.3) is 0 Å². The Bertz CT molecular complexity index is 1760. The third-order valence-corrected chi connectivity index (χ3v) is 9.41. The Hall–Kier alpha value is -6.81. The summed E-state index contributed by atoms with van der Waals surface area (Å²) in [5.74, 6) is -7.41. The van der Waals surface area contributed by atoms with E-state index >= 15 is 0 Å². The number of hydrogen-bond donors (Lipinski definition) is 13. The maximum absolute atomic E-state index is 14.1. The second kappa shape index (κ2) is 27.1. The zero-order valence-electron chi connectivity index (χ0n) is 35.3. The molecule has 1 fully saturated rings. The maximum Gasteiger partial charge on any atom is 0.243 e. The van der Waals surface area contributed by atoms with Crippen molar-refractivity contribution < 1.29 is 47.9 Å². The van der Waals surface area contributed by atoms with Crippen molar-refractivity contribution in [3.63, 3.8) is 0 Å². The summed E-state index contributed by atoms with van der Waals surface area (Å²) < 4.78 is 0. The van der Waals surface area contributed by atoms with Crippen LogP contribution in [0.4, 0.5) is 0 Å². The molecule has 0 saturated carbocycles. The van der Waals surface area contributed by atoms with Gasteiger partial charge >= 0.3 is 0 Å². The van der Waals surface area contributed by atoms with Crippen molar-refractivity contribution in [3.8, 4) is 0 Å². The van der Waals surface area contributed by atoms with Gasteiger partial charge in [0.1, 0.15) is 36.3 Å². The second-order valence-corrected chi connectivity index (χ2v) is 14.7. The Labute approximate surface area is 359 Å². The number of rotatable bonds is 14. The summed E-state index contributed by atoms with van der Waals surface area (Å²) in [5.41, 5.74) is 11.5. The van der Waals surface area contributed by atoms with Crippen LogP contribution in [0.3, 0.4) is 0 Å². The molecule has 1 aliphatic heterocycles. The minimum absolute atomic E-state index is 0.0127. The smallest absolute Gasteiger partial charge is 0.243 e. The first-order valence-corrected chi connectivity index (χ1v) is 20.3. The first kappa shape index (κ1) is 51.3. The first-order valence-electron chi connectivity index (χ1n) is 20.3. The third-order valence-electron chi connectivity index (χ3n) is 9.41. The van der Waals surface area contributed by atoms with E-state index < -0.39 is 96.0 Å². The van der Waals surface area contributed by atoms with Crippen LogP contribution in [0.5, 0.6) is 0 Å². The molecular formula is C39H61N13O10. The largest absolute Gasteiger partial charge is 0.370 e. The molecule has 23 nitrogen and oxygen atoms in total. The first-order chi connectivity index (χ1) is 29.4. The average Bonchev–Trinajstić information content (AvgIpc) is 3.20. The van der Waals surface area contributed by atoms with Crippen molar-refractivity contribution in [2.75, 3.05) is 26.2 Å². The molecule has 0 radical (unpaired) electrons. The van der Waals surface area contributed by atoms with Gasteiger partial charge in [0, 0.05) is 46.3 Å². The van der Waals surface area contributed by atoms with E-state index in [-0.39, 0.29) is 89.3 Å². The summed E-state index contributed by atoms with van der Waals surface area (Å²) in [4.78, 5) is 130. The summed E-state index contributed by atoms with van der Waals surface area (Å²) >= 11 is 0. The lowest BCUT2D eigenvalue weighted by Gasteiger charge is -2.27. The fourth-order valence-electron chi connectivity index (χ4n) is 6.16. The molecule has 0 spiro atoms. The van der Waals surface area contributed by atoms with Crippen LogP contribution in [0.1, 0.15) is 77.7 Å². The van der Waals surface area contributed by atoms with Crippen LogP contribution < -0.4 is 64.6 Å². The van der Waals surface area contributed by atoms with Gasteiger partial charge in [0.05, 0.1) is 6.54 Å². The predicted molar refractivity (Wildman–Crippen MR) is 224 cm³/mol. The lowest BCUT2D eigenvalue weighted by atomic mass is 10.0. The molecule has 3 unspecified atom stereocenters. The SMILES string of the molecule is CC(=O)NCCC[C@@H]1NC(=O)C(NC(=O)[C@H](CCCNC(=N)N)NC(C)=O)CCC(=O)NCCCC(C(N)=O)NC(=O)[C@H](C)NC(=O)CNC(=O)C(Cc2ccccc2)NC1=O. The number of benzene rings is 1. The van der Waals surface area contributed by atoms with Crippen LogP contribution >= 0.6 is 0 Å². The summed E-state index contributed by atoms with van der Waals surface area (Å²) in [6.07, 6.45) is -0.0398. The minimum Gasteiger partial charge on any atom is -0.370 e. The Morgan fingerprint density at radius 2 is 1.45 bits per heavy atom. The number of primary amides is 1. The van der Waals surface area contributed by atoms with E-state index in [0.29, 0.717) is 5.56 Å². The van der Waals surface area contributed by atoms with Gasteiger partial charge in [-0.3, -0.25) is 53.4 Å². The fourth-order valence-corrected chi connectivity index (χ4v) is 6.16. The van der Waals surface area contributed by atoms with Gasteiger partial charge < -0.3 is 64.6 Å². The van der Waals surface area contributed by atoms with E-state index in [1.807, 2.05) is 0 Å². The lowest BCUT2D eigenvalue weighted by Crippen LogP contribution is -2.59. The number of nitrogens with two attached hydrogens (primary N) is 2. The molecule has 62 heavy (non-hydrogen) atoms. The Morgan fingerprint density at radius 3 is 2.10 bits per heavy atom. The van der Waals surface area contributed by atoms with Crippen molar-refractivity contribution in [1.29, 1.82) is 5.41 Å². The van der Waals surface area contributed by atoms with E-state index in [1.54, 1.807) is 30.3 Å². The highest BCUT2D eigenvalue weighted by Gasteiger charge is 2.32. The Morgan fingerprint density at radius 1 is 0.774 bits per heavy atom. The number of amides is 10. The molecule has 1 aromatic carbocycles. The third kappa shape index (κ3) is 20.4. The van der Waals surface area contributed by atoms with Crippen LogP contribution in [0, 0.1) is 5.41 Å². The predicted octanol–water partition coefficient (Wildman–Crippen LogP) is -4.35. The van der Waals surface area contributed by atoms with Gasteiger partial charge in [0.2, 0.25) is 59.1 Å². The monoisotopic (exact) mass is 871 g/mol. The molecule has 1 heterocycles. The fraction of sp³-hybridized carbons (Fsp3) is 0.564. The molecule has 1 aromatic rings. The molecule has 1 saturated heterocycles. The molecule has 342 valence electrons. The number of guanidine groups is 1. The molecular weight excluding hydrogens is 811 g/mol. The Balaban J connectivity index is 2.53. The van der Waals surface area contributed by atoms with Crippen molar-refractivity contribution >= 4 is 65.0 Å². The van der Waals surface area contributed by atoms with Crippen LogP contribution in [0.2, 0.25) is 0 Å². The van der Waals surface area contributed by atoms with Crippen molar-refractivity contribution in [3.05, 3.63) is 35.9 Å². The van der Waals surface area contributed by atoms with Crippen LogP contribution in [-0.4, -0.2) is 127 Å². The van der Waals surface area contributed by atoms with Gasteiger partial charge in [0.15, 0.2) is 5.96 Å². The maximum atomic E-state index is 14.1. The summed E-state index contributed by atoms with van der Waals surface area (Å²) in [6.45, 7) is 3.58. The lowest BCUT2D eigenvalue weighted by molar-refractivity contribution is -0.135. The van der Waals surface area contributed by atoms with E-state index in [4.69, 9.17) is 16.9 Å². The molecule has 0 bridgehead atoms. The normalized spacial score (nSPS) is 21.8. The molecule has 15 N–H and O–H groups in total. The minimum atomic E-state index is -1.45. The zero-order valence-corrected chi connectivity index (χ0v) is 35.3. The van der Waals surface area contributed by atoms with Crippen molar-refractivity contribution in [2.45, 2.75) is 115 Å². The molecule has 6 atom stereocenters. The van der Waals surface area contributed by atoms with Gasteiger partial charge in [-0.2, -0.15) is 0 Å². The number of hydrogen-bond acceptors (Lipinski definition) is 11. The topological polar surface area (TPSA) is 367 Å². The van der Waals surface area contributed by atoms with E-state index in [2.05, 4.69) is 53.2 Å². The molecule has 0 aliphatic carbocycles. The second-order valence-electron chi connectivity index (χ2n) is 14.7. The summed E-state index contributed by atoms with van der Waals surface area (Å²) in [5, 5.41) is 32.9. The highest BCUT2D eigenvalue weighted by molar-refractivity contribution is 5.97. The Kier molecular flexibility index (Phi) is 22.5. The quantitative estimate of drug-likeness (QED) is 0.0480. The number of carbonyl (C=O) groups is 10. The highest BCUT2D eigenvalue weighted by Crippen LogP contribution is 2.09. The molecule has 2 rings (SSSR count). The zero-order chi connectivity index (χ0) is 46.2. The van der Waals surface area contributed by atoms with Gasteiger partial charge in [-0.25, -0.2) is 0 Å². The standard InChI is InChI=1S/C39H61N13O10/c1-22-34(58)49-26(33(40)57)12-7-18-44-31(55)16-15-29(51-36(60)27(48-24(3)54)13-9-19-45-39(41)42)38(62)50-28(14-8-17-43-23(2)53)37(61)52-30(20-25-10-5-4-6-11-25)35(59)46-21-32(56)47-22/h4-6,10-11,22,26-30H,7-9,12-21H2,1-3H3,(H2,40,57)(H,43,53)(H,44,55)(H,46,59)(H,47,56)(H,48,54)(H,49,58)(H,50,62)(H,51,60)(H,52,61)(H4,41,42,45)/t22-,26?,27-,28-,29?,30?/m0/s1. The summed E-state index contributed by atoms with van der Waals surface area (Å²) in [6, 6.07) is 1.01. The number of nitrogens with one attached hydrogen (secondary N) is 11. The van der Waals surface area contributed by atoms with Crippen LogP contribution in [-0.2, 0) is 54.4 Å². The highest BCUT2D eigenvalue weighted by atomic mass is 16.2. The van der Waals surface area contributed by atoms with E-state index in [9.17, 15) is 47.9 Å². The van der Waals surface area contributed by atoms with Gasteiger partial charge in [-0.05, 0) is 57.4 Å². The van der Waals surface area contributed by atoms with E-state index in [1.165, 1.54) is 20.8 Å². The number of carbonyl (C=O) groups excluding carboxylic acids is 10. The summed E-state index contributed by atoms with van der Waals surface area (Å²) in [7, 11) is 0. The van der Waals surface area contributed by atoms with Crippen LogP contribution in [0.15, 0.2) is 30.3 Å². The van der Waals surface area contributed by atoms with Crippen molar-refractivity contribution in [1.82, 2.24) is 53.2 Å².